The molecular formula is C14H24N2O2S. The Balaban J connectivity index is 2.04. The van der Waals surface area contributed by atoms with Crippen LogP contribution >= 0.6 is 11.3 Å². The lowest BCUT2D eigenvalue weighted by Gasteiger charge is -2.14. The summed E-state index contributed by atoms with van der Waals surface area (Å²) in [4.78, 5) is 17.9. The molecule has 1 aromatic heterocycles. The molecule has 0 bridgehead atoms. The van der Waals surface area contributed by atoms with E-state index in [-0.39, 0.29) is 5.97 Å². The van der Waals surface area contributed by atoms with E-state index in [0.29, 0.717) is 13.0 Å². The van der Waals surface area contributed by atoms with Gasteiger partial charge in [0.25, 0.3) is 0 Å². The second kappa shape index (κ2) is 9.04. The summed E-state index contributed by atoms with van der Waals surface area (Å²) in [5.41, 5.74) is 1.15. The molecule has 4 nitrogen and oxygen atoms in total. The van der Waals surface area contributed by atoms with Crippen molar-refractivity contribution >= 4 is 17.3 Å². The Morgan fingerprint density at radius 3 is 2.84 bits per heavy atom. The van der Waals surface area contributed by atoms with Gasteiger partial charge in [-0.05, 0) is 40.3 Å². The molecule has 1 aromatic rings. The van der Waals surface area contributed by atoms with Crippen molar-refractivity contribution in [1.29, 1.82) is 0 Å². The third kappa shape index (κ3) is 7.28. The van der Waals surface area contributed by atoms with Crippen LogP contribution in [0.15, 0.2) is 5.38 Å². The Labute approximate surface area is 119 Å². The van der Waals surface area contributed by atoms with Crippen LogP contribution in [0.25, 0.3) is 0 Å². The number of aromatic nitrogens is 1. The molecule has 0 saturated heterocycles. The molecule has 0 aliphatic carbocycles. The summed E-state index contributed by atoms with van der Waals surface area (Å²) in [7, 11) is 2.11. The summed E-state index contributed by atoms with van der Waals surface area (Å²) >= 11 is 1.70. The molecule has 108 valence electrons. The van der Waals surface area contributed by atoms with Crippen molar-refractivity contribution in [2.75, 3.05) is 20.2 Å². The Morgan fingerprint density at radius 1 is 1.42 bits per heavy atom. The highest BCUT2D eigenvalue weighted by atomic mass is 32.1. The number of esters is 1. The molecule has 19 heavy (non-hydrogen) atoms. The highest BCUT2D eigenvalue weighted by molar-refractivity contribution is 7.09. The standard InChI is InChI=1S/C14H24N2O2S/c1-4-18-14(17)8-6-5-7-9-16(3)10-13-11-19-12(2)15-13/h11H,4-10H2,1-3H3. The van der Waals surface area contributed by atoms with Crippen LogP contribution < -0.4 is 0 Å². The smallest absolute Gasteiger partial charge is 0.305 e. The zero-order valence-corrected chi connectivity index (χ0v) is 13.0. The summed E-state index contributed by atoms with van der Waals surface area (Å²) in [6.07, 6.45) is 3.64. The van der Waals surface area contributed by atoms with Crippen LogP contribution in [-0.2, 0) is 16.1 Å². The van der Waals surface area contributed by atoms with Crippen molar-refractivity contribution in [1.82, 2.24) is 9.88 Å². The average molecular weight is 284 g/mol. The van der Waals surface area contributed by atoms with Gasteiger partial charge in [-0.15, -0.1) is 11.3 Å². The Morgan fingerprint density at radius 2 is 2.21 bits per heavy atom. The van der Waals surface area contributed by atoms with Crippen molar-refractivity contribution in [2.45, 2.75) is 46.1 Å². The maximum atomic E-state index is 11.1. The maximum absolute atomic E-state index is 11.1. The van der Waals surface area contributed by atoms with Gasteiger partial charge < -0.3 is 9.64 Å². The molecular weight excluding hydrogens is 260 g/mol. The average Bonchev–Trinajstić information content (AvgIpc) is 2.74. The molecule has 0 N–H and O–H groups in total. The number of unbranched alkanes of at least 4 members (excludes halogenated alkanes) is 2. The Bertz CT molecular complexity index is 379. The van der Waals surface area contributed by atoms with Crippen LogP contribution in [0, 0.1) is 6.92 Å². The minimum Gasteiger partial charge on any atom is -0.466 e. The van der Waals surface area contributed by atoms with E-state index in [0.717, 1.165) is 43.1 Å². The van der Waals surface area contributed by atoms with E-state index in [2.05, 4.69) is 22.3 Å². The van der Waals surface area contributed by atoms with Crippen LogP contribution in [0.4, 0.5) is 0 Å². The summed E-state index contributed by atoms with van der Waals surface area (Å²) in [6, 6.07) is 0. The summed E-state index contributed by atoms with van der Waals surface area (Å²) in [6.45, 7) is 6.30. The molecule has 0 aromatic carbocycles. The van der Waals surface area contributed by atoms with Crippen molar-refractivity contribution in [3.8, 4) is 0 Å². The first-order valence-electron chi connectivity index (χ1n) is 6.87. The summed E-state index contributed by atoms with van der Waals surface area (Å²) in [5, 5.41) is 3.24. The van der Waals surface area contributed by atoms with E-state index in [1.54, 1.807) is 11.3 Å². The third-order valence-corrected chi connectivity index (χ3v) is 3.65. The van der Waals surface area contributed by atoms with Gasteiger partial charge in [0, 0.05) is 18.3 Å². The largest absolute Gasteiger partial charge is 0.466 e. The molecule has 1 heterocycles. The molecule has 0 amide bonds. The molecule has 0 aliphatic heterocycles. The number of nitrogens with zero attached hydrogens (tertiary/aromatic N) is 2. The topological polar surface area (TPSA) is 42.4 Å². The fourth-order valence-electron chi connectivity index (χ4n) is 1.90. The van der Waals surface area contributed by atoms with Gasteiger partial charge in [-0.3, -0.25) is 4.79 Å². The van der Waals surface area contributed by atoms with E-state index in [9.17, 15) is 4.79 Å². The van der Waals surface area contributed by atoms with Gasteiger partial charge >= 0.3 is 5.97 Å². The highest BCUT2D eigenvalue weighted by Gasteiger charge is 2.04. The minimum atomic E-state index is -0.0752. The second-order valence-electron chi connectivity index (χ2n) is 4.71. The summed E-state index contributed by atoms with van der Waals surface area (Å²) < 4.78 is 4.89. The Kier molecular flexibility index (Phi) is 7.67. The fourth-order valence-corrected chi connectivity index (χ4v) is 2.50. The lowest BCUT2D eigenvalue weighted by atomic mass is 10.2. The zero-order valence-electron chi connectivity index (χ0n) is 12.1. The fraction of sp³-hybridized carbons (Fsp3) is 0.714. The number of carbonyl (C=O) groups is 1. The first-order chi connectivity index (χ1) is 9.11. The number of carbonyl (C=O) groups excluding carboxylic acids is 1. The monoisotopic (exact) mass is 284 g/mol. The molecule has 0 fully saturated rings. The van der Waals surface area contributed by atoms with Crippen molar-refractivity contribution in [3.63, 3.8) is 0 Å². The van der Waals surface area contributed by atoms with Gasteiger partial charge in [0.15, 0.2) is 0 Å². The van der Waals surface area contributed by atoms with Gasteiger partial charge in [0.05, 0.1) is 17.3 Å². The predicted octanol–water partition coefficient (Wildman–Crippen LogP) is 3.01. The number of hydrogen-bond acceptors (Lipinski definition) is 5. The van der Waals surface area contributed by atoms with Crippen LogP contribution in [-0.4, -0.2) is 36.1 Å². The lowest BCUT2D eigenvalue weighted by Crippen LogP contribution is -2.19. The lowest BCUT2D eigenvalue weighted by molar-refractivity contribution is -0.143. The van der Waals surface area contributed by atoms with E-state index in [4.69, 9.17) is 4.74 Å². The number of thiazole rings is 1. The number of aryl methyl sites for hydroxylation is 1. The van der Waals surface area contributed by atoms with Crippen LogP contribution in [0.5, 0.6) is 0 Å². The second-order valence-corrected chi connectivity index (χ2v) is 5.77. The minimum absolute atomic E-state index is 0.0752. The molecule has 0 spiro atoms. The molecule has 0 aliphatic rings. The first kappa shape index (κ1) is 16.1. The SMILES string of the molecule is CCOC(=O)CCCCCN(C)Cc1csc(C)n1. The third-order valence-electron chi connectivity index (χ3n) is 2.82. The first-order valence-corrected chi connectivity index (χ1v) is 7.75. The number of rotatable bonds is 9. The quantitative estimate of drug-likeness (QED) is 0.516. The van der Waals surface area contributed by atoms with E-state index in [1.807, 2.05) is 13.8 Å². The predicted molar refractivity (Wildman–Crippen MR) is 78.3 cm³/mol. The van der Waals surface area contributed by atoms with Gasteiger partial charge in [-0.25, -0.2) is 4.98 Å². The van der Waals surface area contributed by atoms with Crippen molar-refractivity contribution in [3.05, 3.63) is 16.1 Å². The molecule has 1 rings (SSSR count). The van der Waals surface area contributed by atoms with E-state index in [1.165, 1.54) is 0 Å². The molecule has 0 radical (unpaired) electrons. The normalized spacial score (nSPS) is 10.9. The van der Waals surface area contributed by atoms with Gasteiger partial charge in [0.2, 0.25) is 0 Å². The van der Waals surface area contributed by atoms with Gasteiger partial charge in [-0.1, -0.05) is 6.42 Å². The molecule has 5 heteroatoms. The molecule has 0 unspecified atom stereocenters. The highest BCUT2D eigenvalue weighted by Crippen LogP contribution is 2.10. The Hall–Kier alpha value is -0.940. The zero-order chi connectivity index (χ0) is 14.1. The van der Waals surface area contributed by atoms with Crippen molar-refractivity contribution in [2.24, 2.45) is 0 Å². The van der Waals surface area contributed by atoms with E-state index < -0.39 is 0 Å². The van der Waals surface area contributed by atoms with Gasteiger partial charge in [-0.2, -0.15) is 0 Å². The van der Waals surface area contributed by atoms with Crippen molar-refractivity contribution < 1.29 is 9.53 Å². The van der Waals surface area contributed by atoms with Gasteiger partial charge in [0.1, 0.15) is 0 Å². The van der Waals surface area contributed by atoms with Crippen LogP contribution in [0.3, 0.4) is 0 Å². The molecule has 0 atom stereocenters. The van der Waals surface area contributed by atoms with E-state index >= 15 is 0 Å². The number of hydrogen-bond donors (Lipinski definition) is 0. The van der Waals surface area contributed by atoms with Crippen LogP contribution in [0.2, 0.25) is 0 Å². The molecule has 0 saturated carbocycles. The maximum Gasteiger partial charge on any atom is 0.305 e. The van der Waals surface area contributed by atoms with Crippen LogP contribution in [0.1, 0.15) is 43.3 Å². The summed E-state index contributed by atoms with van der Waals surface area (Å²) in [5.74, 6) is -0.0752. The number of ether oxygens (including phenoxy) is 1.